The Morgan fingerprint density at radius 1 is 1.06 bits per heavy atom. The average molecular weight is 259 g/mol. The van der Waals surface area contributed by atoms with Gasteiger partial charge in [-0.1, -0.05) is 45.0 Å². The third-order valence-corrected chi connectivity index (χ3v) is 2.81. The zero-order valence-corrected chi connectivity index (χ0v) is 11.0. The minimum Gasteiger partial charge on any atom is -0.327 e. The van der Waals surface area contributed by atoms with Gasteiger partial charge in [-0.15, -0.1) is 0 Å². The van der Waals surface area contributed by atoms with E-state index in [1.54, 1.807) is 0 Å². The number of nitrogens with two attached hydrogens (primary N) is 1. The molecule has 0 saturated heterocycles. The lowest BCUT2D eigenvalue weighted by Crippen LogP contribution is -2.29. The summed E-state index contributed by atoms with van der Waals surface area (Å²) in [4.78, 5) is 0. The third kappa shape index (κ3) is 5.08. The standard InChI is InChI=1S/C14H20F3N/c1-13(2,3)11-6-4-10(5-7-11)8-12(18)9-14(15,16)17/h4-7,12H,8-9,18H2,1-3H3. The van der Waals surface area contributed by atoms with Crippen LogP contribution in [0.1, 0.15) is 38.3 Å². The summed E-state index contributed by atoms with van der Waals surface area (Å²) in [6.07, 6.45) is -4.87. The van der Waals surface area contributed by atoms with Crippen molar-refractivity contribution in [2.24, 2.45) is 5.73 Å². The van der Waals surface area contributed by atoms with Crippen LogP contribution in [-0.4, -0.2) is 12.2 Å². The van der Waals surface area contributed by atoms with Crippen LogP contribution in [-0.2, 0) is 11.8 Å². The van der Waals surface area contributed by atoms with Gasteiger partial charge in [-0.2, -0.15) is 13.2 Å². The van der Waals surface area contributed by atoms with Gasteiger partial charge in [0.25, 0.3) is 0 Å². The molecule has 0 bridgehead atoms. The average Bonchev–Trinajstić information content (AvgIpc) is 2.13. The maximum Gasteiger partial charge on any atom is 0.390 e. The Kier molecular flexibility index (Phi) is 4.43. The van der Waals surface area contributed by atoms with Crippen LogP contribution >= 0.6 is 0 Å². The molecular formula is C14H20F3N. The van der Waals surface area contributed by atoms with Crippen LogP contribution in [0.25, 0.3) is 0 Å². The largest absolute Gasteiger partial charge is 0.390 e. The van der Waals surface area contributed by atoms with Crippen molar-refractivity contribution in [3.63, 3.8) is 0 Å². The van der Waals surface area contributed by atoms with Gasteiger partial charge in [0.1, 0.15) is 0 Å². The molecule has 0 heterocycles. The van der Waals surface area contributed by atoms with E-state index in [-0.39, 0.29) is 11.8 Å². The molecule has 0 saturated carbocycles. The predicted octanol–water partition coefficient (Wildman–Crippen LogP) is 3.81. The highest BCUT2D eigenvalue weighted by atomic mass is 19.4. The molecule has 0 aliphatic heterocycles. The van der Waals surface area contributed by atoms with E-state index in [1.165, 1.54) is 0 Å². The van der Waals surface area contributed by atoms with E-state index in [0.717, 1.165) is 11.1 Å². The summed E-state index contributed by atoms with van der Waals surface area (Å²) in [6, 6.07) is 6.75. The first-order valence-corrected chi connectivity index (χ1v) is 6.00. The van der Waals surface area contributed by atoms with Gasteiger partial charge in [0, 0.05) is 6.04 Å². The summed E-state index contributed by atoms with van der Waals surface area (Å²) < 4.78 is 36.4. The molecule has 0 fully saturated rings. The van der Waals surface area contributed by atoms with Gasteiger partial charge in [-0.05, 0) is 23.0 Å². The summed E-state index contributed by atoms with van der Waals surface area (Å²) in [5.74, 6) is 0. The minimum absolute atomic E-state index is 0.0482. The Balaban J connectivity index is 2.64. The fourth-order valence-electron chi connectivity index (χ4n) is 1.81. The Labute approximate surface area is 106 Å². The predicted molar refractivity (Wildman–Crippen MR) is 67.5 cm³/mol. The fourth-order valence-corrected chi connectivity index (χ4v) is 1.81. The van der Waals surface area contributed by atoms with E-state index in [9.17, 15) is 13.2 Å². The molecule has 0 amide bonds. The maximum atomic E-state index is 12.1. The van der Waals surface area contributed by atoms with Crippen molar-refractivity contribution < 1.29 is 13.2 Å². The molecule has 0 aliphatic carbocycles. The monoisotopic (exact) mass is 259 g/mol. The summed E-state index contributed by atoms with van der Waals surface area (Å²) in [7, 11) is 0. The molecule has 0 aromatic heterocycles. The van der Waals surface area contributed by atoms with Crippen LogP contribution < -0.4 is 5.73 Å². The number of hydrogen-bond donors (Lipinski definition) is 1. The van der Waals surface area contributed by atoms with Gasteiger partial charge in [-0.3, -0.25) is 0 Å². The van der Waals surface area contributed by atoms with E-state index in [4.69, 9.17) is 5.73 Å². The lowest BCUT2D eigenvalue weighted by atomic mass is 9.86. The van der Waals surface area contributed by atoms with Gasteiger partial charge in [-0.25, -0.2) is 0 Å². The van der Waals surface area contributed by atoms with Gasteiger partial charge < -0.3 is 5.73 Å². The summed E-state index contributed by atoms with van der Waals surface area (Å²) in [5.41, 5.74) is 7.55. The lowest BCUT2D eigenvalue weighted by molar-refractivity contribution is -0.138. The Hall–Kier alpha value is -1.03. The third-order valence-electron chi connectivity index (χ3n) is 2.81. The Morgan fingerprint density at radius 3 is 1.94 bits per heavy atom. The lowest BCUT2D eigenvalue weighted by Gasteiger charge is -2.20. The molecule has 1 aromatic carbocycles. The molecule has 0 spiro atoms. The highest BCUT2D eigenvalue weighted by molar-refractivity contribution is 5.27. The van der Waals surface area contributed by atoms with Gasteiger partial charge in [0.05, 0.1) is 6.42 Å². The van der Waals surface area contributed by atoms with Gasteiger partial charge in [0.2, 0.25) is 0 Å². The summed E-state index contributed by atoms with van der Waals surface area (Å²) >= 11 is 0. The molecule has 1 rings (SSSR count). The van der Waals surface area contributed by atoms with Crippen LogP contribution in [0.5, 0.6) is 0 Å². The highest BCUT2D eigenvalue weighted by Crippen LogP contribution is 2.24. The molecule has 0 aliphatic rings. The molecule has 18 heavy (non-hydrogen) atoms. The smallest absolute Gasteiger partial charge is 0.327 e. The number of halogens is 3. The second kappa shape index (κ2) is 5.31. The van der Waals surface area contributed by atoms with E-state index < -0.39 is 18.6 Å². The zero-order chi connectivity index (χ0) is 14.0. The van der Waals surface area contributed by atoms with Crippen LogP contribution in [0.3, 0.4) is 0 Å². The molecule has 1 unspecified atom stereocenters. The van der Waals surface area contributed by atoms with Crippen LogP contribution in [0.2, 0.25) is 0 Å². The Bertz CT molecular complexity index is 374. The van der Waals surface area contributed by atoms with Crippen LogP contribution in [0.15, 0.2) is 24.3 Å². The first-order chi connectivity index (χ1) is 8.08. The first-order valence-electron chi connectivity index (χ1n) is 6.00. The molecular weight excluding hydrogens is 239 g/mol. The normalized spacial score (nSPS) is 14.6. The number of rotatable bonds is 3. The second-order valence-electron chi connectivity index (χ2n) is 5.73. The second-order valence-corrected chi connectivity index (χ2v) is 5.73. The summed E-state index contributed by atoms with van der Waals surface area (Å²) in [6.45, 7) is 6.28. The van der Waals surface area contributed by atoms with Crippen LogP contribution in [0, 0.1) is 0 Å². The highest BCUT2D eigenvalue weighted by Gasteiger charge is 2.30. The Morgan fingerprint density at radius 2 is 1.56 bits per heavy atom. The van der Waals surface area contributed by atoms with Gasteiger partial charge >= 0.3 is 6.18 Å². The topological polar surface area (TPSA) is 26.0 Å². The van der Waals surface area contributed by atoms with Crippen molar-refractivity contribution in [1.82, 2.24) is 0 Å². The summed E-state index contributed by atoms with van der Waals surface area (Å²) in [5, 5.41) is 0. The fraction of sp³-hybridized carbons (Fsp3) is 0.571. The van der Waals surface area contributed by atoms with Crippen molar-refractivity contribution in [1.29, 1.82) is 0 Å². The van der Waals surface area contributed by atoms with E-state index in [0.29, 0.717) is 0 Å². The SMILES string of the molecule is CC(C)(C)c1ccc(CC(N)CC(F)(F)F)cc1. The molecule has 1 aromatic rings. The van der Waals surface area contributed by atoms with Crippen molar-refractivity contribution in [3.05, 3.63) is 35.4 Å². The molecule has 1 nitrogen and oxygen atoms in total. The van der Waals surface area contributed by atoms with E-state index in [2.05, 4.69) is 20.8 Å². The quantitative estimate of drug-likeness (QED) is 0.877. The molecule has 1 atom stereocenters. The van der Waals surface area contributed by atoms with Crippen molar-refractivity contribution in [3.8, 4) is 0 Å². The molecule has 2 N–H and O–H groups in total. The number of benzene rings is 1. The van der Waals surface area contributed by atoms with Crippen molar-refractivity contribution >= 4 is 0 Å². The number of hydrogen-bond acceptors (Lipinski definition) is 1. The first kappa shape index (κ1) is 15.0. The van der Waals surface area contributed by atoms with Crippen LogP contribution in [0.4, 0.5) is 13.2 Å². The van der Waals surface area contributed by atoms with Crippen molar-refractivity contribution in [2.75, 3.05) is 0 Å². The van der Waals surface area contributed by atoms with E-state index >= 15 is 0 Å². The maximum absolute atomic E-state index is 12.1. The number of alkyl halides is 3. The molecule has 4 heteroatoms. The molecule has 102 valence electrons. The van der Waals surface area contributed by atoms with Gasteiger partial charge in [0.15, 0.2) is 0 Å². The minimum atomic E-state index is -4.19. The van der Waals surface area contributed by atoms with Crippen molar-refractivity contribution in [2.45, 2.75) is 51.2 Å². The van der Waals surface area contributed by atoms with E-state index in [1.807, 2.05) is 24.3 Å². The molecule has 0 radical (unpaired) electrons. The zero-order valence-electron chi connectivity index (χ0n) is 11.0.